The standard InChI is InChI=1S/C26H22BrClN2O7S/c1-4-8-36-23-18(27)10-15(11-20(23)35-3)12-21-24(32)30(26(34)38-21)14-22(31)29-16-6-7-19(28)17(13-16)25(33)37-9-5-2/h1,6-7,10-13H,5,8-9,14H2,2-3H3,(H,29,31)/b21-12-. The summed E-state index contributed by atoms with van der Waals surface area (Å²) < 4.78 is 16.5. The maximum atomic E-state index is 12.9. The fourth-order valence-corrected chi connectivity index (χ4v) is 4.85. The summed E-state index contributed by atoms with van der Waals surface area (Å²) in [6, 6.07) is 7.61. The van der Waals surface area contributed by atoms with Gasteiger partial charge in [-0.3, -0.25) is 19.3 Å². The molecule has 1 aliphatic heterocycles. The van der Waals surface area contributed by atoms with Crippen molar-refractivity contribution in [1.29, 1.82) is 0 Å². The van der Waals surface area contributed by atoms with Gasteiger partial charge in [0.2, 0.25) is 5.91 Å². The molecule has 0 atom stereocenters. The van der Waals surface area contributed by atoms with Crippen molar-refractivity contribution in [3.05, 3.63) is 55.9 Å². The molecule has 0 aromatic heterocycles. The van der Waals surface area contributed by atoms with E-state index in [9.17, 15) is 19.2 Å². The average molecular weight is 622 g/mol. The van der Waals surface area contributed by atoms with Crippen LogP contribution in [-0.2, 0) is 14.3 Å². The van der Waals surface area contributed by atoms with Gasteiger partial charge in [0.05, 0.1) is 33.7 Å². The monoisotopic (exact) mass is 620 g/mol. The van der Waals surface area contributed by atoms with E-state index in [0.29, 0.717) is 39.7 Å². The van der Waals surface area contributed by atoms with Gasteiger partial charge in [-0.2, -0.15) is 0 Å². The number of nitrogens with one attached hydrogen (secondary N) is 1. The van der Waals surface area contributed by atoms with Crippen LogP contribution in [0.15, 0.2) is 39.7 Å². The lowest BCUT2D eigenvalue weighted by Crippen LogP contribution is -2.36. The highest BCUT2D eigenvalue weighted by Crippen LogP contribution is 2.39. The molecule has 1 saturated heterocycles. The molecular formula is C26H22BrClN2O7S. The third-order valence-electron chi connectivity index (χ3n) is 4.93. The van der Waals surface area contributed by atoms with Gasteiger partial charge in [-0.15, -0.1) is 6.42 Å². The first-order chi connectivity index (χ1) is 18.2. The van der Waals surface area contributed by atoms with E-state index >= 15 is 0 Å². The summed E-state index contributed by atoms with van der Waals surface area (Å²) in [5.41, 5.74) is 0.902. The number of hydrogen-bond donors (Lipinski definition) is 1. The van der Waals surface area contributed by atoms with Crippen molar-refractivity contribution in [2.75, 3.05) is 32.2 Å². The van der Waals surface area contributed by atoms with Crippen LogP contribution in [0.1, 0.15) is 29.3 Å². The van der Waals surface area contributed by atoms with Gasteiger partial charge in [-0.25, -0.2) is 4.79 Å². The molecule has 0 radical (unpaired) electrons. The molecular weight excluding hydrogens is 600 g/mol. The molecule has 0 spiro atoms. The number of thioether (sulfide) groups is 1. The van der Waals surface area contributed by atoms with E-state index in [4.69, 9.17) is 32.2 Å². The third kappa shape index (κ3) is 7.10. The molecule has 2 aromatic carbocycles. The Bertz CT molecular complexity index is 1360. The van der Waals surface area contributed by atoms with E-state index in [2.05, 4.69) is 27.2 Å². The molecule has 12 heteroatoms. The minimum atomic E-state index is -0.636. The lowest BCUT2D eigenvalue weighted by molar-refractivity contribution is -0.127. The van der Waals surface area contributed by atoms with Gasteiger partial charge < -0.3 is 19.5 Å². The number of methoxy groups -OCH3 is 1. The number of terminal acetylenes is 1. The molecule has 9 nitrogen and oxygen atoms in total. The summed E-state index contributed by atoms with van der Waals surface area (Å²) in [7, 11) is 1.46. The van der Waals surface area contributed by atoms with Crippen LogP contribution in [0.5, 0.6) is 11.5 Å². The zero-order valence-electron chi connectivity index (χ0n) is 20.3. The number of nitrogens with zero attached hydrogens (tertiary/aromatic N) is 1. The quantitative estimate of drug-likeness (QED) is 0.214. The van der Waals surface area contributed by atoms with Crippen molar-refractivity contribution in [3.63, 3.8) is 0 Å². The van der Waals surface area contributed by atoms with Gasteiger partial charge in [-0.1, -0.05) is 24.4 Å². The number of esters is 1. The summed E-state index contributed by atoms with van der Waals surface area (Å²) in [6.07, 6.45) is 7.40. The summed E-state index contributed by atoms with van der Waals surface area (Å²) >= 11 is 10.2. The Morgan fingerprint density at radius 1 is 1.26 bits per heavy atom. The Morgan fingerprint density at radius 2 is 2.03 bits per heavy atom. The minimum absolute atomic E-state index is 0.0372. The SMILES string of the molecule is C#CCOc1c(Br)cc(/C=C2\SC(=O)N(CC(=O)Nc3ccc(Cl)c(C(=O)OCCC)c3)C2=O)cc1OC. The average Bonchev–Trinajstić information content (AvgIpc) is 3.14. The summed E-state index contributed by atoms with van der Waals surface area (Å²) in [4.78, 5) is 51.2. The number of carbonyl (C=O) groups is 4. The topological polar surface area (TPSA) is 111 Å². The zero-order chi connectivity index (χ0) is 27.8. The predicted molar refractivity (Wildman–Crippen MR) is 148 cm³/mol. The fraction of sp³-hybridized carbons (Fsp3) is 0.231. The molecule has 2 aromatic rings. The lowest BCUT2D eigenvalue weighted by Gasteiger charge is -2.13. The van der Waals surface area contributed by atoms with Crippen LogP contribution < -0.4 is 14.8 Å². The maximum absolute atomic E-state index is 12.9. The molecule has 0 unspecified atom stereocenters. The van der Waals surface area contributed by atoms with Crippen LogP contribution in [0.4, 0.5) is 10.5 Å². The van der Waals surface area contributed by atoms with Crippen molar-refractivity contribution < 1.29 is 33.4 Å². The Labute approximate surface area is 236 Å². The van der Waals surface area contributed by atoms with E-state index < -0.39 is 29.6 Å². The fourth-order valence-electron chi connectivity index (χ4n) is 3.24. The number of rotatable bonds is 10. The molecule has 1 heterocycles. The molecule has 3 amide bonds. The van der Waals surface area contributed by atoms with E-state index in [1.165, 1.54) is 31.4 Å². The van der Waals surface area contributed by atoms with Crippen molar-refractivity contribution in [2.24, 2.45) is 0 Å². The van der Waals surface area contributed by atoms with Crippen molar-refractivity contribution in [1.82, 2.24) is 4.90 Å². The second kappa shape index (κ2) is 13.4. The van der Waals surface area contributed by atoms with Gasteiger partial charge in [0.15, 0.2) is 11.5 Å². The van der Waals surface area contributed by atoms with Crippen LogP contribution in [0.3, 0.4) is 0 Å². The minimum Gasteiger partial charge on any atom is -0.493 e. The smallest absolute Gasteiger partial charge is 0.339 e. The number of amides is 3. The maximum Gasteiger partial charge on any atom is 0.339 e. The van der Waals surface area contributed by atoms with E-state index in [-0.39, 0.29) is 34.4 Å². The molecule has 0 aliphatic carbocycles. The summed E-state index contributed by atoms with van der Waals surface area (Å²) in [5.74, 6) is 1.26. The van der Waals surface area contributed by atoms with Crippen LogP contribution in [0.2, 0.25) is 5.02 Å². The number of carbonyl (C=O) groups excluding carboxylic acids is 4. The molecule has 1 aliphatic rings. The summed E-state index contributed by atoms with van der Waals surface area (Å²) in [6.45, 7) is 1.60. The Kier molecular flexibility index (Phi) is 10.2. The molecule has 1 N–H and O–H groups in total. The highest BCUT2D eigenvalue weighted by molar-refractivity contribution is 9.10. The first-order valence-electron chi connectivity index (χ1n) is 11.1. The Morgan fingerprint density at radius 3 is 2.71 bits per heavy atom. The first-order valence-corrected chi connectivity index (χ1v) is 13.1. The van der Waals surface area contributed by atoms with Crippen molar-refractivity contribution in [3.8, 4) is 23.8 Å². The number of imide groups is 1. The Hall–Kier alpha value is -3.46. The number of hydrogen-bond acceptors (Lipinski definition) is 8. The number of ether oxygens (including phenoxy) is 3. The molecule has 1 fully saturated rings. The van der Waals surface area contributed by atoms with E-state index in [1.54, 1.807) is 12.1 Å². The van der Waals surface area contributed by atoms with Gasteiger partial charge in [0.25, 0.3) is 11.1 Å². The van der Waals surface area contributed by atoms with Gasteiger partial charge in [0.1, 0.15) is 13.2 Å². The van der Waals surface area contributed by atoms with Crippen LogP contribution in [0.25, 0.3) is 6.08 Å². The number of halogens is 2. The first kappa shape index (κ1) is 29.1. The molecule has 3 rings (SSSR count). The molecule has 198 valence electrons. The van der Waals surface area contributed by atoms with Crippen LogP contribution in [-0.4, -0.2) is 54.8 Å². The second-order valence-corrected chi connectivity index (χ2v) is 9.93. The number of anilines is 1. The largest absolute Gasteiger partial charge is 0.493 e. The molecule has 0 saturated carbocycles. The highest BCUT2D eigenvalue weighted by atomic mass is 79.9. The summed E-state index contributed by atoms with van der Waals surface area (Å²) in [5, 5.41) is 2.13. The van der Waals surface area contributed by atoms with Crippen LogP contribution >= 0.6 is 39.3 Å². The lowest BCUT2D eigenvalue weighted by atomic mass is 10.2. The van der Waals surface area contributed by atoms with Crippen molar-refractivity contribution in [2.45, 2.75) is 13.3 Å². The predicted octanol–water partition coefficient (Wildman–Crippen LogP) is 5.36. The van der Waals surface area contributed by atoms with Crippen LogP contribution in [0, 0.1) is 12.3 Å². The van der Waals surface area contributed by atoms with Gasteiger partial charge in [0, 0.05) is 5.69 Å². The zero-order valence-corrected chi connectivity index (χ0v) is 23.5. The van der Waals surface area contributed by atoms with Gasteiger partial charge >= 0.3 is 5.97 Å². The van der Waals surface area contributed by atoms with E-state index in [0.717, 1.165) is 4.90 Å². The van der Waals surface area contributed by atoms with E-state index in [1.807, 2.05) is 6.92 Å². The molecule has 38 heavy (non-hydrogen) atoms. The highest BCUT2D eigenvalue weighted by Gasteiger charge is 2.36. The molecule has 0 bridgehead atoms. The second-order valence-electron chi connectivity index (χ2n) is 7.67. The number of benzene rings is 2. The third-order valence-corrected chi connectivity index (χ3v) is 6.76. The Balaban J connectivity index is 1.72. The van der Waals surface area contributed by atoms with Crippen molar-refractivity contribution >= 4 is 74.1 Å². The normalized spacial score (nSPS) is 13.9. The van der Waals surface area contributed by atoms with Gasteiger partial charge in [-0.05, 0) is 76.1 Å².